The molecule has 0 radical (unpaired) electrons. The second-order valence-corrected chi connectivity index (χ2v) is 12.0. The van der Waals surface area contributed by atoms with Gasteiger partial charge < -0.3 is 15.0 Å². The van der Waals surface area contributed by atoms with Crippen molar-refractivity contribution in [3.05, 3.63) is 80.3 Å². The summed E-state index contributed by atoms with van der Waals surface area (Å²) >= 11 is 7.85. The fourth-order valence-corrected chi connectivity index (χ4v) is 6.07. The first-order chi connectivity index (χ1) is 21.0. The van der Waals surface area contributed by atoms with E-state index in [1.54, 1.807) is 34.5 Å². The van der Waals surface area contributed by atoms with Crippen LogP contribution in [0.5, 0.6) is 5.75 Å². The summed E-state index contributed by atoms with van der Waals surface area (Å²) in [5, 5.41) is 5.50. The lowest BCUT2D eigenvalue weighted by Crippen LogP contribution is -2.47. The molecule has 1 aliphatic rings. The third-order valence-electron chi connectivity index (χ3n) is 7.09. The molecule has 8 nitrogen and oxygen atoms in total. The van der Waals surface area contributed by atoms with Crippen molar-refractivity contribution >= 4 is 28.8 Å². The summed E-state index contributed by atoms with van der Waals surface area (Å²) < 4.78 is 46.3. The number of pyridine rings is 2. The number of alkyl halides is 3. The molecule has 0 unspecified atom stereocenters. The van der Waals surface area contributed by atoms with Gasteiger partial charge in [-0.05, 0) is 49.6 Å². The van der Waals surface area contributed by atoms with Crippen molar-refractivity contribution in [1.29, 1.82) is 0 Å². The SMILES string of the molecule is CCOc1ccc(Cl)c(-n2c(CC(C)C)c(C(=O)N3CCNCC3)cc(-c3nc(-c4ccc(C(F)(F)F)nc4)cs3)c2=O)c1. The van der Waals surface area contributed by atoms with E-state index in [-0.39, 0.29) is 17.4 Å². The Kier molecular flexibility index (Phi) is 9.42. The second-order valence-electron chi connectivity index (χ2n) is 10.7. The number of benzene rings is 1. The van der Waals surface area contributed by atoms with Gasteiger partial charge in [-0.15, -0.1) is 11.3 Å². The molecule has 0 spiro atoms. The quantitative estimate of drug-likeness (QED) is 0.241. The minimum atomic E-state index is -4.57. The van der Waals surface area contributed by atoms with Crippen molar-refractivity contribution in [3.63, 3.8) is 0 Å². The number of nitrogens with one attached hydrogen (secondary N) is 1. The zero-order chi connectivity index (χ0) is 31.6. The predicted molar refractivity (Wildman–Crippen MR) is 165 cm³/mol. The Morgan fingerprint density at radius 3 is 2.55 bits per heavy atom. The average molecular weight is 646 g/mol. The van der Waals surface area contributed by atoms with Crippen LogP contribution >= 0.6 is 22.9 Å². The molecule has 1 N–H and O–H groups in total. The van der Waals surface area contributed by atoms with E-state index in [2.05, 4.69) is 15.3 Å². The van der Waals surface area contributed by atoms with Gasteiger partial charge in [0.25, 0.3) is 11.5 Å². The van der Waals surface area contributed by atoms with Crippen LogP contribution < -0.4 is 15.6 Å². The van der Waals surface area contributed by atoms with Crippen LogP contribution in [-0.2, 0) is 12.6 Å². The van der Waals surface area contributed by atoms with Gasteiger partial charge in [0.1, 0.15) is 16.5 Å². The van der Waals surface area contributed by atoms with E-state index < -0.39 is 17.4 Å². The number of hydrogen-bond acceptors (Lipinski definition) is 7. The number of thiazole rings is 1. The van der Waals surface area contributed by atoms with E-state index in [4.69, 9.17) is 16.3 Å². The molecule has 1 saturated heterocycles. The Morgan fingerprint density at radius 2 is 1.91 bits per heavy atom. The summed E-state index contributed by atoms with van der Waals surface area (Å²) in [4.78, 5) is 38.4. The van der Waals surface area contributed by atoms with E-state index in [1.165, 1.54) is 10.6 Å². The molecular weight excluding hydrogens is 615 g/mol. The normalized spacial score (nSPS) is 13.9. The first-order valence-corrected chi connectivity index (χ1v) is 15.4. The molecule has 4 aromatic rings. The van der Waals surface area contributed by atoms with Gasteiger partial charge in [-0.2, -0.15) is 13.2 Å². The molecule has 1 aromatic carbocycles. The van der Waals surface area contributed by atoms with Crippen LogP contribution in [0.1, 0.15) is 42.5 Å². The topological polar surface area (TPSA) is 89.3 Å². The first-order valence-electron chi connectivity index (χ1n) is 14.2. The van der Waals surface area contributed by atoms with Gasteiger partial charge >= 0.3 is 6.18 Å². The fraction of sp³-hybridized carbons (Fsp3) is 0.355. The Hall–Kier alpha value is -3.74. The third-order valence-corrected chi connectivity index (χ3v) is 8.29. The molecule has 232 valence electrons. The Labute approximate surface area is 261 Å². The molecule has 1 amide bonds. The second kappa shape index (κ2) is 13.1. The van der Waals surface area contributed by atoms with E-state index in [0.717, 1.165) is 23.6 Å². The molecule has 44 heavy (non-hydrogen) atoms. The summed E-state index contributed by atoms with van der Waals surface area (Å²) in [6.45, 7) is 8.59. The molecule has 0 aliphatic carbocycles. The first kappa shape index (κ1) is 31.7. The summed E-state index contributed by atoms with van der Waals surface area (Å²) in [6, 6.07) is 8.81. The maximum atomic E-state index is 14.4. The maximum Gasteiger partial charge on any atom is 0.433 e. The number of rotatable bonds is 8. The van der Waals surface area contributed by atoms with Crippen molar-refractivity contribution in [2.24, 2.45) is 5.92 Å². The van der Waals surface area contributed by atoms with Gasteiger partial charge in [-0.1, -0.05) is 25.4 Å². The van der Waals surface area contributed by atoms with Crippen LogP contribution in [-0.4, -0.2) is 58.1 Å². The highest BCUT2D eigenvalue weighted by Gasteiger charge is 2.32. The van der Waals surface area contributed by atoms with Crippen LogP contribution in [0.4, 0.5) is 13.2 Å². The fourth-order valence-electron chi connectivity index (χ4n) is 5.04. The van der Waals surface area contributed by atoms with Crippen molar-refractivity contribution in [3.8, 4) is 33.3 Å². The van der Waals surface area contributed by atoms with Crippen LogP contribution in [0.2, 0.25) is 5.02 Å². The van der Waals surface area contributed by atoms with Gasteiger partial charge in [-0.25, -0.2) is 4.98 Å². The van der Waals surface area contributed by atoms with Crippen molar-refractivity contribution < 1.29 is 22.7 Å². The number of carbonyl (C=O) groups excluding carboxylic acids is 1. The van der Waals surface area contributed by atoms with Gasteiger partial charge in [0.2, 0.25) is 0 Å². The molecule has 1 fully saturated rings. The summed E-state index contributed by atoms with van der Waals surface area (Å²) in [5.41, 5.74) is 0.708. The van der Waals surface area contributed by atoms with Crippen LogP contribution in [0, 0.1) is 5.92 Å². The minimum Gasteiger partial charge on any atom is -0.494 e. The molecule has 4 heterocycles. The lowest BCUT2D eigenvalue weighted by Gasteiger charge is -2.29. The highest BCUT2D eigenvalue weighted by atomic mass is 35.5. The molecule has 3 aromatic heterocycles. The van der Waals surface area contributed by atoms with Gasteiger partial charge in [0.15, 0.2) is 0 Å². The molecule has 13 heteroatoms. The highest BCUT2D eigenvalue weighted by Crippen LogP contribution is 2.34. The molecule has 1 aliphatic heterocycles. The standard InChI is InChI=1S/C31H31ClF3N5O3S/c1-4-43-20-6-7-23(32)26(14-20)40-25(13-18(2)3)21(29(41)39-11-9-36-10-12-39)15-22(30(40)42)28-38-24(17-44-28)19-5-8-27(37-16-19)31(33,34)35/h5-8,14-18,36H,4,9-13H2,1-3H3. The van der Waals surface area contributed by atoms with Crippen molar-refractivity contribution in [1.82, 2.24) is 24.8 Å². The molecule has 0 atom stereocenters. The number of hydrogen-bond donors (Lipinski definition) is 1. The molecular formula is C31H31ClF3N5O3S. The number of ether oxygens (including phenoxy) is 1. The maximum absolute atomic E-state index is 14.4. The number of piperazine rings is 1. The number of aromatic nitrogens is 3. The van der Waals surface area contributed by atoms with Gasteiger partial charge in [-0.3, -0.25) is 19.1 Å². The van der Waals surface area contributed by atoms with E-state index in [9.17, 15) is 22.8 Å². The highest BCUT2D eigenvalue weighted by molar-refractivity contribution is 7.13. The third kappa shape index (κ3) is 6.67. The predicted octanol–water partition coefficient (Wildman–Crippen LogP) is 6.34. The number of carbonyl (C=O) groups is 1. The number of halogens is 4. The molecule has 5 rings (SSSR count). The van der Waals surface area contributed by atoms with Gasteiger partial charge in [0, 0.05) is 55.1 Å². The Balaban J connectivity index is 1.72. The van der Waals surface area contributed by atoms with E-state index in [0.29, 0.717) is 83.2 Å². The summed E-state index contributed by atoms with van der Waals surface area (Å²) in [6.07, 6.45) is -3.05. The monoisotopic (exact) mass is 645 g/mol. The Morgan fingerprint density at radius 1 is 1.16 bits per heavy atom. The van der Waals surface area contributed by atoms with E-state index in [1.807, 2.05) is 20.8 Å². The lowest BCUT2D eigenvalue weighted by atomic mass is 9.99. The largest absolute Gasteiger partial charge is 0.494 e. The number of nitrogens with zero attached hydrogens (tertiary/aromatic N) is 4. The zero-order valence-electron chi connectivity index (χ0n) is 24.4. The van der Waals surface area contributed by atoms with Crippen LogP contribution in [0.3, 0.4) is 0 Å². The smallest absolute Gasteiger partial charge is 0.433 e. The summed E-state index contributed by atoms with van der Waals surface area (Å²) in [5.74, 6) is 0.396. The molecule has 0 saturated carbocycles. The van der Waals surface area contributed by atoms with Crippen LogP contribution in [0.15, 0.2) is 52.8 Å². The molecule has 0 bridgehead atoms. The zero-order valence-corrected chi connectivity index (χ0v) is 25.9. The van der Waals surface area contributed by atoms with E-state index >= 15 is 0 Å². The number of amides is 1. The minimum absolute atomic E-state index is 0.0913. The average Bonchev–Trinajstić information content (AvgIpc) is 3.48. The Bertz CT molecular complexity index is 1710. The lowest BCUT2D eigenvalue weighted by molar-refractivity contribution is -0.141. The van der Waals surface area contributed by atoms with Gasteiger partial charge in [0.05, 0.1) is 34.1 Å². The van der Waals surface area contributed by atoms with Crippen molar-refractivity contribution in [2.45, 2.75) is 33.4 Å². The summed E-state index contributed by atoms with van der Waals surface area (Å²) in [7, 11) is 0. The van der Waals surface area contributed by atoms with Crippen LogP contribution in [0.25, 0.3) is 27.5 Å². The van der Waals surface area contributed by atoms with Crippen molar-refractivity contribution in [2.75, 3.05) is 32.8 Å².